The molecule has 0 spiro atoms. The van der Waals surface area contributed by atoms with E-state index in [4.69, 9.17) is 4.98 Å². The number of rotatable bonds is 7. The van der Waals surface area contributed by atoms with E-state index in [0.29, 0.717) is 35.7 Å². The number of nitrogens with zero attached hydrogens (tertiary/aromatic N) is 4. The predicted molar refractivity (Wildman–Crippen MR) is 141 cm³/mol. The monoisotopic (exact) mass is 523 g/mol. The topological polar surface area (TPSA) is 119 Å². The summed E-state index contributed by atoms with van der Waals surface area (Å²) in [6, 6.07) is 16.2. The van der Waals surface area contributed by atoms with Gasteiger partial charge in [0, 0.05) is 28.2 Å². The van der Waals surface area contributed by atoms with Crippen molar-refractivity contribution < 1.29 is 19.2 Å². The second-order valence-corrected chi connectivity index (χ2v) is 12.4. The number of aromatic nitrogens is 4. The first-order valence-electron chi connectivity index (χ1n) is 12.2. The highest BCUT2D eigenvalue weighted by atomic mass is 32.2. The molecule has 1 saturated carbocycles. The molecular formula is C27H30FN5O3S. The number of hydrogen-bond donors (Lipinski definition) is 3. The molecule has 5 rings (SSSR count). The molecule has 0 amide bonds. The lowest BCUT2D eigenvalue weighted by Gasteiger charge is -2.44. The summed E-state index contributed by atoms with van der Waals surface area (Å²) in [5.41, 5.74) is 1.16. The van der Waals surface area contributed by atoms with Gasteiger partial charge in [-0.15, -0.1) is 4.72 Å². The van der Waals surface area contributed by atoms with Crippen molar-refractivity contribution in [2.45, 2.75) is 56.9 Å². The molecule has 0 aliphatic heterocycles. The molecule has 0 saturated heterocycles. The van der Waals surface area contributed by atoms with Crippen molar-refractivity contribution >= 4 is 22.3 Å². The molecule has 3 N–H and O–H groups in total. The Morgan fingerprint density at radius 1 is 1.11 bits per heavy atom. The van der Waals surface area contributed by atoms with Gasteiger partial charge in [-0.25, -0.2) is 19.0 Å². The Balaban J connectivity index is 1.54. The van der Waals surface area contributed by atoms with Crippen LogP contribution in [0.15, 0.2) is 60.8 Å². The summed E-state index contributed by atoms with van der Waals surface area (Å²) < 4.78 is 30.1. The van der Waals surface area contributed by atoms with Gasteiger partial charge in [0.05, 0.1) is 34.9 Å². The average molecular weight is 524 g/mol. The van der Waals surface area contributed by atoms with Crippen LogP contribution in [0.25, 0.3) is 28.0 Å². The van der Waals surface area contributed by atoms with Crippen molar-refractivity contribution in [3.63, 3.8) is 0 Å². The molecule has 10 heteroatoms. The van der Waals surface area contributed by atoms with E-state index in [1.165, 1.54) is 0 Å². The number of alkyl halides is 1. The molecule has 3 heterocycles. The van der Waals surface area contributed by atoms with Crippen LogP contribution in [0.4, 0.5) is 4.39 Å². The minimum atomic E-state index is -1.67. The smallest absolute Gasteiger partial charge is 0.203 e. The normalized spacial score (nSPS) is 20.4. The van der Waals surface area contributed by atoms with E-state index in [1.807, 2.05) is 45.0 Å². The first-order valence-corrected chi connectivity index (χ1v) is 13.3. The zero-order chi connectivity index (χ0) is 26.4. The van der Waals surface area contributed by atoms with Crippen LogP contribution in [0.3, 0.4) is 0 Å². The Morgan fingerprint density at radius 3 is 2.57 bits per heavy atom. The number of pyridine rings is 2. The molecular weight excluding hydrogens is 493 g/mol. The van der Waals surface area contributed by atoms with Crippen LogP contribution in [0.5, 0.6) is 0 Å². The van der Waals surface area contributed by atoms with Crippen molar-refractivity contribution in [1.82, 2.24) is 24.5 Å². The van der Waals surface area contributed by atoms with Gasteiger partial charge in [-0.2, -0.15) is 5.10 Å². The van der Waals surface area contributed by atoms with Gasteiger partial charge >= 0.3 is 0 Å². The summed E-state index contributed by atoms with van der Waals surface area (Å²) in [5.74, 6) is 0.171. The first kappa shape index (κ1) is 25.7. The van der Waals surface area contributed by atoms with Crippen LogP contribution in [0, 0.1) is 5.92 Å². The SMILES string of the molecule is CC(C)(C)[S@@+]([O-])N[C@@](O)(c1cccc(-c2ccc3cnn(-c4cccc(CF)n4)c3c2)n1)C1CC(O)C1. The van der Waals surface area contributed by atoms with Crippen LogP contribution >= 0.6 is 0 Å². The van der Waals surface area contributed by atoms with Gasteiger partial charge < -0.3 is 14.8 Å². The Bertz CT molecular complexity index is 1420. The zero-order valence-electron chi connectivity index (χ0n) is 20.9. The summed E-state index contributed by atoms with van der Waals surface area (Å²) in [5, 5.41) is 27.0. The van der Waals surface area contributed by atoms with Crippen LogP contribution in [-0.4, -0.2) is 45.4 Å². The summed E-state index contributed by atoms with van der Waals surface area (Å²) in [4.78, 5) is 9.12. The fraction of sp³-hybridized carbons (Fsp3) is 0.370. The van der Waals surface area contributed by atoms with E-state index in [9.17, 15) is 19.2 Å². The predicted octanol–water partition coefficient (Wildman–Crippen LogP) is 3.92. The van der Waals surface area contributed by atoms with E-state index in [1.54, 1.807) is 41.2 Å². The lowest BCUT2D eigenvalue weighted by molar-refractivity contribution is -0.113. The summed E-state index contributed by atoms with van der Waals surface area (Å²) in [7, 11) is 0. The molecule has 1 aliphatic carbocycles. The van der Waals surface area contributed by atoms with Crippen molar-refractivity contribution in [1.29, 1.82) is 0 Å². The van der Waals surface area contributed by atoms with E-state index in [0.717, 1.165) is 16.5 Å². The molecule has 0 bridgehead atoms. The van der Waals surface area contributed by atoms with Gasteiger partial charge in [-0.1, -0.05) is 24.3 Å². The lowest BCUT2D eigenvalue weighted by atomic mass is 9.74. The van der Waals surface area contributed by atoms with Gasteiger partial charge in [0.15, 0.2) is 5.82 Å². The van der Waals surface area contributed by atoms with Crippen LogP contribution in [0.1, 0.15) is 45.0 Å². The van der Waals surface area contributed by atoms with Crippen molar-refractivity contribution in [3.05, 3.63) is 72.2 Å². The fourth-order valence-electron chi connectivity index (χ4n) is 4.40. The molecule has 194 valence electrons. The minimum Gasteiger partial charge on any atom is -0.598 e. The zero-order valence-corrected chi connectivity index (χ0v) is 21.7. The number of aliphatic hydroxyl groups is 2. The third-order valence-electron chi connectivity index (χ3n) is 6.66. The summed E-state index contributed by atoms with van der Waals surface area (Å²) in [6.07, 6.45) is 1.98. The summed E-state index contributed by atoms with van der Waals surface area (Å²) in [6.45, 7) is 4.81. The molecule has 1 aliphatic rings. The third-order valence-corrected chi connectivity index (χ3v) is 8.27. The molecule has 0 unspecified atom stereocenters. The largest absolute Gasteiger partial charge is 0.598 e. The molecule has 1 aromatic carbocycles. The molecule has 1 fully saturated rings. The number of hydrogen-bond acceptors (Lipinski definition) is 7. The van der Waals surface area contributed by atoms with Gasteiger partial charge in [0.2, 0.25) is 5.72 Å². The molecule has 2 atom stereocenters. The maximum absolute atomic E-state index is 13.2. The van der Waals surface area contributed by atoms with Gasteiger partial charge in [0.25, 0.3) is 0 Å². The second kappa shape index (κ2) is 9.77. The third kappa shape index (κ3) is 4.99. The molecule has 37 heavy (non-hydrogen) atoms. The Kier molecular flexibility index (Phi) is 6.80. The van der Waals surface area contributed by atoms with Crippen LogP contribution in [-0.2, 0) is 23.8 Å². The van der Waals surface area contributed by atoms with Crippen molar-refractivity contribution in [2.75, 3.05) is 0 Å². The number of fused-ring (bicyclic) bond motifs is 1. The lowest BCUT2D eigenvalue weighted by Crippen LogP contribution is -2.59. The molecule has 3 aromatic heterocycles. The Hall–Kier alpha value is -2.89. The van der Waals surface area contributed by atoms with E-state index < -0.39 is 34.6 Å². The number of nitrogens with one attached hydrogen (secondary N) is 1. The first-order chi connectivity index (χ1) is 17.6. The van der Waals surface area contributed by atoms with Gasteiger partial charge in [-0.05, 0) is 63.9 Å². The van der Waals surface area contributed by atoms with Crippen LogP contribution in [0.2, 0.25) is 0 Å². The van der Waals surface area contributed by atoms with Crippen molar-refractivity contribution in [3.8, 4) is 17.1 Å². The summed E-state index contributed by atoms with van der Waals surface area (Å²) >= 11 is -1.57. The van der Waals surface area contributed by atoms with Crippen molar-refractivity contribution in [2.24, 2.45) is 5.92 Å². The second-order valence-electron chi connectivity index (χ2n) is 10.4. The van der Waals surface area contributed by atoms with Gasteiger partial charge in [-0.3, -0.25) is 0 Å². The van der Waals surface area contributed by atoms with Crippen LogP contribution < -0.4 is 4.72 Å². The highest BCUT2D eigenvalue weighted by Crippen LogP contribution is 2.42. The van der Waals surface area contributed by atoms with E-state index in [2.05, 4.69) is 14.8 Å². The highest BCUT2D eigenvalue weighted by Gasteiger charge is 2.51. The molecule has 8 nitrogen and oxygen atoms in total. The minimum absolute atomic E-state index is 0.326. The molecule has 4 aromatic rings. The number of halogens is 1. The maximum Gasteiger partial charge on any atom is 0.203 e. The Labute approximate surface area is 217 Å². The fourth-order valence-corrected chi connectivity index (χ4v) is 5.26. The van der Waals surface area contributed by atoms with E-state index >= 15 is 0 Å². The molecule has 0 radical (unpaired) electrons. The maximum atomic E-state index is 13.2. The number of benzene rings is 1. The van der Waals surface area contributed by atoms with Gasteiger partial charge in [0.1, 0.15) is 11.4 Å². The van der Waals surface area contributed by atoms with E-state index in [-0.39, 0.29) is 5.92 Å². The number of aliphatic hydroxyl groups excluding tert-OH is 1. The highest BCUT2D eigenvalue weighted by molar-refractivity contribution is 7.90. The quantitative estimate of drug-likeness (QED) is 0.248. The standard InChI is InChI=1S/C27H30FN5O3S/c1-26(2,3)37(36)32-27(35,19-13-21(34)14-19)24-8-5-7-22(31-24)17-10-11-18-16-29-33(23(18)12-17)25-9-4-6-20(15-28)30-25/h4-12,16,19,21,32,34-35H,13-15H2,1-3H3/t19?,21?,27-,37+/m0/s1. The Morgan fingerprint density at radius 2 is 1.86 bits per heavy atom. The average Bonchev–Trinajstić information content (AvgIpc) is 3.29.